The van der Waals surface area contributed by atoms with Crippen LogP contribution in [-0.2, 0) is 11.3 Å². The molecule has 0 aromatic heterocycles. The second-order valence-corrected chi connectivity index (χ2v) is 5.30. The lowest BCUT2D eigenvalue weighted by Crippen LogP contribution is -2.37. The third-order valence-electron chi connectivity index (χ3n) is 3.54. The summed E-state index contributed by atoms with van der Waals surface area (Å²) in [5.41, 5.74) is 2.71. The van der Waals surface area contributed by atoms with Gasteiger partial charge in [-0.1, -0.05) is 54.6 Å². The molecule has 0 radical (unpaired) electrons. The standard InChI is InChI=1S/C18H21NO3/c1-13-8-6-7-11-16(13)17(20)14(2)19-18(21)22-12-15-9-4-3-5-10-15/h3-11,14,17,20H,12H2,1-2H3,(H,19,21)/t14-,17-/m0/s1. The SMILES string of the molecule is Cc1ccccc1[C@@H](O)[C@H](C)NC(=O)OCc1ccccc1. The average Bonchev–Trinajstić information content (AvgIpc) is 2.53. The van der Waals surface area contributed by atoms with Crippen LogP contribution in [0.2, 0.25) is 0 Å². The van der Waals surface area contributed by atoms with Gasteiger partial charge >= 0.3 is 6.09 Å². The molecular weight excluding hydrogens is 278 g/mol. The number of alkyl carbamates (subject to hydrolysis) is 1. The molecule has 2 aromatic rings. The number of carbonyl (C=O) groups excluding carboxylic acids is 1. The molecule has 1 amide bonds. The molecular formula is C18H21NO3. The Kier molecular flexibility index (Phi) is 5.55. The maximum Gasteiger partial charge on any atom is 0.407 e. The smallest absolute Gasteiger partial charge is 0.407 e. The first kappa shape index (κ1) is 16.0. The Morgan fingerprint density at radius 3 is 2.45 bits per heavy atom. The molecule has 2 atom stereocenters. The topological polar surface area (TPSA) is 58.6 Å². The number of nitrogens with one attached hydrogen (secondary N) is 1. The van der Waals surface area contributed by atoms with E-state index in [2.05, 4.69) is 5.32 Å². The van der Waals surface area contributed by atoms with Gasteiger partial charge in [-0.25, -0.2) is 4.79 Å². The van der Waals surface area contributed by atoms with Crippen molar-refractivity contribution in [1.82, 2.24) is 5.32 Å². The van der Waals surface area contributed by atoms with Crippen LogP contribution in [0.15, 0.2) is 54.6 Å². The Hall–Kier alpha value is -2.33. The number of aryl methyl sites for hydroxylation is 1. The molecule has 0 unspecified atom stereocenters. The Morgan fingerprint density at radius 2 is 1.77 bits per heavy atom. The summed E-state index contributed by atoms with van der Waals surface area (Å²) in [6.45, 7) is 3.89. The van der Waals surface area contributed by atoms with E-state index in [1.54, 1.807) is 6.92 Å². The summed E-state index contributed by atoms with van der Waals surface area (Å²) in [7, 11) is 0. The summed E-state index contributed by atoms with van der Waals surface area (Å²) in [5, 5.41) is 13.0. The highest BCUT2D eigenvalue weighted by Gasteiger charge is 2.20. The van der Waals surface area contributed by atoms with Gasteiger partial charge in [0.15, 0.2) is 0 Å². The summed E-state index contributed by atoms with van der Waals surface area (Å²) in [6, 6.07) is 16.6. The average molecular weight is 299 g/mol. The lowest BCUT2D eigenvalue weighted by atomic mass is 9.99. The Bertz CT molecular complexity index is 613. The van der Waals surface area contributed by atoms with Crippen molar-refractivity contribution in [3.63, 3.8) is 0 Å². The highest BCUT2D eigenvalue weighted by atomic mass is 16.5. The molecule has 0 aliphatic carbocycles. The number of rotatable bonds is 5. The second kappa shape index (κ2) is 7.61. The summed E-state index contributed by atoms with van der Waals surface area (Å²) in [5.74, 6) is 0. The van der Waals surface area contributed by atoms with E-state index in [1.807, 2.05) is 61.5 Å². The van der Waals surface area contributed by atoms with Gasteiger partial charge in [-0.05, 0) is 30.5 Å². The highest BCUT2D eigenvalue weighted by Crippen LogP contribution is 2.20. The quantitative estimate of drug-likeness (QED) is 0.890. The summed E-state index contributed by atoms with van der Waals surface area (Å²) >= 11 is 0. The van der Waals surface area contributed by atoms with Crippen molar-refractivity contribution < 1.29 is 14.6 Å². The minimum absolute atomic E-state index is 0.208. The van der Waals surface area contributed by atoms with Gasteiger partial charge in [-0.2, -0.15) is 0 Å². The fraction of sp³-hybridized carbons (Fsp3) is 0.278. The molecule has 116 valence electrons. The second-order valence-electron chi connectivity index (χ2n) is 5.30. The summed E-state index contributed by atoms with van der Waals surface area (Å²) < 4.78 is 5.15. The summed E-state index contributed by atoms with van der Waals surface area (Å²) in [4.78, 5) is 11.8. The van der Waals surface area contributed by atoms with Crippen molar-refractivity contribution in [2.45, 2.75) is 32.6 Å². The molecule has 0 fully saturated rings. The molecule has 2 rings (SSSR count). The van der Waals surface area contributed by atoms with Crippen LogP contribution in [0.1, 0.15) is 29.7 Å². The number of hydrogen-bond acceptors (Lipinski definition) is 3. The number of carbonyl (C=O) groups is 1. The minimum atomic E-state index is -0.773. The zero-order chi connectivity index (χ0) is 15.9. The molecule has 0 heterocycles. The third kappa shape index (κ3) is 4.33. The van der Waals surface area contributed by atoms with Gasteiger partial charge in [0.1, 0.15) is 6.61 Å². The normalized spacial score (nSPS) is 13.2. The van der Waals surface area contributed by atoms with Crippen LogP contribution in [0.5, 0.6) is 0 Å². The summed E-state index contributed by atoms with van der Waals surface area (Å²) in [6.07, 6.45) is -1.31. The van der Waals surface area contributed by atoms with E-state index < -0.39 is 18.2 Å². The monoisotopic (exact) mass is 299 g/mol. The van der Waals surface area contributed by atoms with Crippen molar-refractivity contribution in [1.29, 1.82) is 0 Å². The van der Waals surface area contributed by atoms with Gasteiger partial charge in [-0.15, -0.1) is 0 Å². The molecule has 0 saturated heterocycles. The van der Waals surface area contributed by atoms with Crippen LogP contribution < -0.4 is 5.32 Å². The van der Waals surface area contributed by atoms with Crippen molar-refractivity contribution in [2.75, 3.05) is 0 Å². The van der Waals surface area contributed by atoms with Crippen molar-refractivity contribution in [2.24, 2.45) is 0 Å². The van der Waals surface area contributed by atoms with Crippen molar-refractivity contribution in [3.8, 4) is 0 Å². The van der Waals surface area contributed by atoms with Gasteiger partial charge in [0.25, 0.3) is 0 Å². The van der Waals surface area contributed by atoms with E-state index in [1.165, 1.54) is 0 Å². The number of ether oxygens (including phenoxy) is 1. The molecule has 4 nitrogen and oxygen atoms in total. The van der Waals surface area contributed by atoms with Crippen LogP contribution in [0, 0.1) is 6.92 Å². The van der Waals surface area contributed by atoms with Crippen LogP contribution in [-0.4, -0.2) is 17.2 Å². The third-order valence-corrected chi connectivity index (χ3v) is 3.54. The molecule has 0 aliphatic rings. The molecule has 0 aliphatic heterocycles. The van der Waals surface area contributed by atoms with Crippen LogP contribution >= 0.6 is 0 Å². The number of aliphatic hydroxyl groups is 1. The zero-order valence-corrected chi connectivity index (χ0v) is 12.8. The van der Waals surface area contributed by atoms with E-state index in [9.17, 15) is 9.90 Å². The molecule has 0 spiro atoms. The maximum atomic E-state index is 11.8. The van der Waals surface area contributed by atoms with E-state index in [0.717, 1.165) is 16.7 Å². The lowest BCUT2D eigenvalue weighted by Gasteiger charge is -2.21. The van der Waals surface area contributed by atoms with E-state index >= 15 is 0 Å². The fourth-order valence-electron chi connectivity index (χ4n) is 2.22. The molecule has 0 bridgehead atoms. The number of hydrogen-bond donors (Lipinski definition) is 2. The molecule has 22 heavy (non-hydrogen) atoms. The van der Waals surface area contributed by atoms with Crippen LogP contribution in [0.3, 0.4) is 0 Å². The predicted octanol–water partition coefficient (Wildman–Crippen LogP) is 3.34. The molecule has 2 aromatic carbocycles. The number of aliphatic hydroxyl groups excluding tert-OH is 1. The highest BCUT2D eigenvalue weighted by molar-refractivity contribution is 5.67. The van der Waals surface area contributed by atoms with Crippen molar-refractivity contribution in [3.05, 3.63) is 71.3 Å². The van der Waals surface area contributed by atoms with Gasteiger partial charge in [0.2, 0.25) is 0 Å². The molecule has 0 saturated carbocycles. The first-order valence-corrected chi connectivity index (χ1v) is 7.28. The zero-order valence-electron chi connectivity index (χ0n) is 12.8. The first-order valence-electron chi connectivity index (χ1n) is 7.28. The van der Waals surface area contributed by atoms with E-state index in [-0.39, 0.29) is 6.61 Å². The Morgan fingerprint density at radius 1 is 1.14 bits per heavy atom. The molecule has 4 heteroatoms. The minimum Gasteiger partial charge on any atom is -0.445 e. The maximum absolute atomic E-state index is 11.8. The van der Waals surface area contributed by atoms with Crippen LogP contribution in [0.25, 0.3) is 0 Å². The van der Waals surface area contributed by atoms with Crippen LogP contribution in [0.4, 0.5) is 4.79 Å². The fourth-order valence-corrected chi connectivity index (χ4v) is 2.22. The molecule has 2 N–H and O–H groups in total. The Labute approximate surface area is 130 Å². The number of amides is 1. The Balaban J connectivity index is 1.87. The number of benzene rings is 2. The van der Waals surface area contributed by atoms with Crippen molar-refractivity contribution >= 4 is 6.09 Å². The van der Waals surface area contributed by atoms with E-state index in [0.29, 0.717) is 0 Å². The first-order chi connectivity index (χ1) is 10.6. The largest absolute Gasteiger partial charge is 0.445 e. The van der Waals surface area contributed by atoms with Gasteiger partial charge in [0.05, 0.1) is 12.1 Å². The van der Waals surface area contributed by atoms with Gasteiger partial charge in [-0.3, -0.25) is 0 Å². The lowest BCUT2D eigenvalue weighted by molar-refractivity contribution is 0.106. The van der Waals surface area contributed by atoms with Gasteiger partial charge < -0.3 is 15.2 Å². The van der Waals surface area contributed by atoms with Gasteiger partial charge in [0, 0.05) is 0 Å². The van der Waals surface area contributed by atoms with E-state index in [4.69, 9.17) is 4.74 Å². The predicted molar refractivity (Wildman–Crippen MR) is 85.4 cm³/mol.